The van der Waals surface area contributed by atoms with Crippen LogP contribution in [-0.2, 0) is 0 Å². The average molecular weight is 289 g/mol. The first-order valence-corrected chi connectivity index (χ1v) is 7.12. The summed E-state index contributed by atoms with van der Waals surface area (Å²) < 4.78 is 0. The molecule has 0 saturated carbocycles. The minimum absolute atomic E-state index is 0.135. The van der Waals surface area contributed by atoms with E-state index in [0.29, 0.717) is 15.3 Å². The van der Waals surface area contributed by atoms with Crippen LogP contribution in [0.2, 0.25) is 10.0 Å². The molecule has 1 heterocycles. The predicted molar refractivity (Wildman–Crippen MR) is 77.4 cm³/mol. The summed E-state index contributed by atoms with van der Waals surface area (Å²) in [6, 6.07) is 5.71. The first kappa shape index (κ1) is 13.1. The molecule has 0 spiro atoms. The van der Waals surface area contributed by atoms with Crippen molar-refractivity contribution in [3.8, 4) is 0 Å². The van der Waals surface area contributed by atoms with Gasteiger partial charge in [0.2, 0.25) is 0 Å². The minimum atomic E-state index is 0.135. The van der Waals surface area contributed by atoms with E-state index < -0.39 is 0 Å². The molecule has 1 N–H and O–H groups in total. The predicted octanol–water partition coefficient (Wildman–Crippen LogP) is 4.14. The minimum Gasteiger partial charge on any atom is -0.358 e. The van der Waals surface area contributed by atoms with Crippen molar-refractivity contribution in [3.63, 3.8) is 0 Å². The highest BCUT2D eigenvalue weighted by molar-refractivity contribution is 8.14. The zero-order chi connectivity index (χ0) is 12.4. The lowest BCUT2D eigenvalue weighted by atomic mass is 10.1. The van der Waals surface area contributed by atoms with Crippen molar-refractivity contribution >= 4 is 40.1 Å². The summed E-state index contributed by atoms with van der Waals surface area (Å²) in [5.41, 5.74) is 1.04. The Kier molecular flexibility index (Phi) is 4.23. The normalized spacial score (nSPS) is 21.2. The molecule has 1 aliphatic heterocycles. The van der Waals surface area contributed by atoms with E-state index in [9.17, 15) is 0 Å². The van der Waals surface area contributed by atoms with Gasteiger partial charge in [-0.25, -0.2) is 0 Å². The summed E-state index contributed by atoms with van der Waals surface area (Å²) in [6.45, 7) is 5.12. The van der Waals surface area contributed by atoms with Gasteiger partial charge in [0, 0.05) is 15.3 Å². The molecule has 0 fully saturated rings. The van der Waals surface area contributed by atoms with Crippen molar-refractivity contribution in [1.82, 2.24) is 5.32 Å². The van der Waals surface area contributed by atoms with Crippen molar-refractivity contribution in [2.75, 3.05) is 6.54 Å². The smallest absolute Gasteiger partial charge is 0.157 e. The average Bonchev–Trinajstić information content (AvgIpc) is 2.63. The largest absolute Gasteiger partial charge is 0.358 e. The van der Waals surface area contributed by atoms with Crippen molar-refractivity contribution in [2.45, 2.75) is 25.1 Å². The fraction of sp³-hybridized carbons (Fsp3) is 0.417. The first-order chi connectivity index (χ1) is 8.06. The molecule has 0 bridgehead atoms. The number of benzene rings is 1. The Morgan fingerprint density at radius 3 is 2.82 bits per heavy atom. The molecule has 92 valence electrons. The van der Waals surface area contributed by atoms with Crippen LogP contribution in [0, 0.1) is 0 Å². The molecule has 1 aromatic carbocycles. The van der Waals surface area contributed by atoms with E-state index in [2.05, 4.69) is 24.2 Å². The van der Waals surface area contributed by atoms with Gasteiger partial charge < -0.3 is 5.32 Å². The van der Waals surface area contributed by atoms with Gasteiger partial charge in [0.05, 0.1) is 12.6 Å². The third-order valence-electron chi connectivity index (χ3n) is 2.57. The molecule has 2 rings (SSSR count). The Bertz CT molecular complexity index is 448. The number of amidine groups is 1. The van der Waals surface area contributed by atoms with Gasteiger partial charge >= 0.3 is 0 Å². The third-order valence-corrected chi connectivity index (χ3v) is 4.16. The SMILES string of the molecule is CC1CN=C(NC(C)c2ccc(Cl)cc2Cl)S1. The Morgan fingerprint density at radius 2 is 2.24 bits per heavy atom. The van der Waals surface area contributed by atoms with Crippen LogP contribution < -0.4 is 5.32 Å². The van der Waals surface area contributed by atoms with E-state index in [1.54, 1.807) is 17.8 Å². The maximum atomic E-state index is 6.17. The Balaban J connectivity index is 2.07. The Morgan fingerprint density at radius 1 is 1.47 bits per heavy atom. The van der Waals surface area contributed by atoms with Crippen LogP contribution in [0.1, 0.15) is 25.5 Å². The molecule has 1 aliphatic rings. The number of halogens is 2. The van der Waals surface area contributed by atoms with E-state index >= 15 is 0 Å². The van der Waals surface area contributed by atoms with Crippen LogP contribution in [0.5, 0.6) is 0 Å². The number of hydrogen-bond donors (Lipinski definition) is 1. The zero-order valence-electron chi connectivity index (χ0n) is 9.71. The van der Waals surface area contributed by atoms with Crippen LogP contribution in [0.4, 0.5) is 0 Å². The summed E-state index contributed by atoms with van der Waals surface area (Å²) in [5, 5.41) is 6.28. The van der Waals surface area contributed by atoms with Crippen LogP contribution in [0.3, 0.4) is 0 Å². The van der Waals surface area contributed by atoms with E-state index in [4.69, 9.17) is 23.2 Å². The molecule has 0 amide bonds. The summed E-state index contributed by atoms with van der Waals surface area (Å²) in [7, 11) is 0. The molecular weight excluding hydrogens is 275 g/mol. The topological polar surface area (TPSA) is 24.4 Å². The van der Waals surface area contributed by atoms with Gasteiger partial charge in [-0.15, -0.1) is 0 Å². The van der Waals surface area contributed by atoms with Crippen LogP contribution in [0.25, 0.3) is 0 Å². The highest BCUT2D eigenvalue weighted by atomic mass is 35.5. The lowest BCUT2D eigenvalue weighted by Crippen LogP contribution is -2.23. The zero-order valence-corrected chi connectivity index (χ0v) is 12.0. The van der Waals surface area contributed by atoms with Gasteiger partial charge in [0.25, 0.3) is 0 Å². The monoisotopic (exact) mass is 288 g/mol. The van der Waals surface area contributed by atoms with Gasteiger partial charge in [0.15, 0.2) is 5.17 Å². The summed E-state index contributed by atoms with van der Waals surface area (Å²) in [6.07, 6.45) is 0. The van der Waals surface area contributed by atoms with Crippen molar-refractivity contribution in [2.24, 2.45) is 4.99 Å². The van der Waals surface area contributed by atoms with Gasteiger partial charge in [-0.1, -0.05) is 48.0 Å². The molecule has 5 heteroatoms. The van der Waals surface area contributed by atoms with E-state index in [-0.39, 0.29) is 6.04 Å². The Labute approximate surface area is 116 Å². The van der Waals surface area contributed by atoms with Crippen LogP contribution >= 0.6 is 35.0 Å². The lowest BCUT2D eigenvalue weighted by Gasteiger charge is -2.16. The maximum absolute atomic E-state index is 6.17. The van der Waals surface area contributed by atoms with Crippen molar-refractivity contribution < 1.29 is 0 Å². The van der Waals surface area contributed by atoms with Crippen molar-refractivity contribution in [1.29, 1.82) is 0 Å². The van der Waals surface area contributed by atoms with Gasteiger partial charge in [-0.2, -0.15) is 0 Å². The van der Waals surface area contributed by atoms with Gasteiger partial charge in [0.1, 0.15) is 0 Å². The van der Waals surface area contributed by atoms with Gasteiger partial charge in [-0.3, -0.25) is 4.99 Å². The Hall–Kier alpha value is -0.380. The number of hydrogen-bond acceptors (Lipinski definition) is 3. The fourth-order valence-electron chi connectivity index (χ4n) is 1.67. The second-order valence-electron chi connectivity index (χ2n) is 4.11. The number of aliphatic imine (C=N–C) groups is 1. The summed E-state index contributed by atoms with van der Waals surface area (Å²) in [4.78, 5) is 4.43. The number of rotatable bonds is 2. The van der Waals surface area contributed by atoms with Gasteiger partial charge in [-0.05, 0) is 24.6 Å². The van der Waals surface area contributed by atoms with E-state index in [1.807, 2.05) is 12.1 Å². The highest BCUT2D eigenvalue weighted by Gasteiger charge is 2.18. The van der Waals surface area contributed by atoms with E-state index in [0.717, 1.165) is 17.3 Å². The maximum Gasteiger partial charge on any atom is 0.157 e. The second kappa shape index (κ2) is 5.51. The lowest BCUT2D eigenvalue weighted by molar-refractivity contribution is 0.723. The van der Waals surface area contributed by atoms with E-state index in [1.165, 1.54) is 0 Å². The molecule has 0 aliphatic carbocycles. The molecule has 2 unspecified atom stereocenters. The first-order valence-electron chi connectivity index (χ1n) is 5.49. The molecule has 1 aromatic rings. The second-order valence-corrected chi connectivity index (χ2v) is 6.38. The highest BCUT2D eigenvalue weighted by Crippen LogP contribution is 2.27. The number of nitrogens with one attached hydrogen (secondary N) is 1. The number of thioether (sulfide) groups is 1. The van der Waals surface area contributed by atoms with Crippen LogP contribution in [-0.4, -0.2) is 17.0 Å². The summed E-state index contributed by atoms with van der Waals surface area (Å²) in [5.74, 6) is 0. The molecule has 2 atom stereocenters. The standard InChI is InChI=1S/C12H14Cl2N2S/c1-7-6-15-12(17-7)16-8(2)10-4-3-9(13)5-11(10)14/h3-5,7-8H,6H2,1-2H3,(H,15,16). The quantitative estimate of drug-likeness (QED) is 0.885. The molecule has 2 nitrogen and oxygen atoms in total. The van der Waals surface area contributed by atoms with Crippen molar-refractivity contribution in [3.05, 3.63) is 33.8 Å². The summed E-state index contributed by atoms with van der Waals surface area (Å²) >= 11 is 13.8. The third kappa shape index (κ3) is 3.30. The molecule has 0 radical (unpaired) electrons. The van der Waals surface area contributed by atoms with Crippen LogP contribution in [0.15, 0.2) is 23.2 Å². The molecular formula is C12H14Cl2N2S. The molecule has 0 saturated heterocycles. The molecule has 17 heavy (non-hydrogen) atoms. The number of nitrogens with zero attached hydrogens (tertiary/aromatic N) is 1. The molecule has 0 aromatic heterocycles. The fourth-order valence-corrected chi connectivity index (χ4v) is 3.17.